The van der Waals surface area contributed by atoms with Crippen molar-refractivity contribution in [3.8, 4) is 0 Å². The van der Waals surface area contributed by atoms with Gasteiger partial charge in [0, 0.05) is 22.5 Å². The van der Waals surface area contributed by atoms with Gasteiger partial charge in [-0.2, -0.15) is 4.98 Å². The van der Waals surface area contributed by atoms with Gasteiger partial charge < -0.3 is 9.73 Å². The predicted molar refractivity (Wildman–Crippen MR) is 114 cm³/mol. The van der Waals surface area contributed by atoms with E-state index in [0.29, 0.717) is 28.6 Å². The van der Waals surface area contributed by atoms with E-state index in [0.717, 1.165) is 30.5 Å². The summed E-state index contributed by atoms with van der Waals surface area (Å²) in [5, 5.41) is 3.44. The Balaban J connectivity index is 1.45. The number of nitrogens with zero attached hydrogens (tertiary/aromatic N) is 2. The van der Waals surface area contributed by atoms with Crippen LogP contribution in [0.2, 0.25) is 0 Å². The lowest BCUT2D eigenvalue weighted by Gasteiger charge is -2.13. The van der Waals surface area contributed by atoms with Crippen LogP contribution in [0.5, 0.6) is 0 Å². The average Bonchev–Trinajstić information content (AvgIpc) is 3.41. The third kappa shape index (κ3) is 4.38. The zero-order chi connectivity index (χ0) is 21.1. The molecule has 1 aliphatic rings. The Kier molecular flexibility index (Phi) is 5.85. The molecule has 3 aromatic rings. The standard InChI is InChI=1S/C22H21N3O4S/c1-14(26)15-7-9-16(10-8-15)23-20(27)13-30-21-18-5-2-6-19(18)25(22(28)24-21)12-17-4-3-11-29-17/h3-4,7-11H,2,5-6,12-13H2,1H3,(H,23,27). The number of anilines is 1. The highest BCUT2D eigenvalue weighted by atomic mass is 32.2. The molecule has 2 aromatic heterocycles. The Morgan fingerprint density at radius 1 is 1.20 bits per heavy atom. The molecule has 0 bridgehead atoms. The number of hydrogen-bond donors (Lipinski definition) is 1. The number of Topliss-reactive ketones (excluding diaryl/α,β-unsaturated/α-hetero) is 1. The van der Waals surface area contributed by atoms with Gasteiger partial charge in [-0.15, -0.1) is 0 Å². The minimum Gasteiger partial charge on any atom is -0.467 e. The third-order valence-electron chi connectivity index (χ3n) is 5.01. The molecule has 1 N–H and O–H groups in total. The molecule has 0 aliphatic heterocycles. The van der Waals surface area contributed by atoms with Crippen molar-refractivity contribution < 1.29 is 14.0 Å². The number of hydrogen-bond acceptors (Lipinski definition) is 6. The summed E-state index contributed by atoms with van der Waals surface area (Å²) in [5.41, 5.74) is 2.92. The molecule has 154 valence electrons. The first-order chi connectivity index (χ1) is 14.5. The lowest BCUT2D eigenvalue weighted by atomic mass is 10.1. The van der Waals surface area contributed by atoms with Crippen LogP contribution in [0.3, 0.4) is 0 Å². The highest BCUT2D eigenvalue weighted by Crippen LogP contribution is 2.29. The van der Waals surface area contributed by atoms with Crippen molar-refractivity contribution in [3.05, 3.63) is 75.7 Å². The van der Waals surface area contributed by atoms with Gasteiger partial charge in [-0.3, -0.25) is 14.2 Å². The molecule has 8 heteroatoms. The molecule has 1 aliphatic carbocycles. The van der Waals surface area contributed by atoms with Crippen LogP contribution < -0.4 is 11.0 Å². The van der Waals surface area contributed by atoms with Crippen LogP contribution in [0.1, 0.15) is 40.7 Å². The van der Waals surface area contributed by atoms with Crippen LogP contribution in [0, 0.1) is 0 Å². The molecular formula is C22H21N3O4S. The van der Waals surface area contributed by atoms with Crippen LogP contribution in [0.15, 0.2) is 56.9 Å². The summed E-state index contributed by atoms with van der Waals surface area (Å²) in [6.45, 7) is 1.86. The SMILES string of the molecule is CC(=O)c1ccc(NC(=O)CSc2nc(=O)n(Cc3ccco3)c3c2CCC3)cc1. The Labute approximate surface area is 177 Å². The van der Waals surface area contributed by atoms with Crippen molar-refractivity contribution in [2.24, 2.45) is 0 Å². The number of rotatable bonds is 7. The second kappa shape index (κ2) is 8.71. The van der Waals surface area contributed by atoms with Gasteiger partial charge in [0.05, 0.1) is 18.6 Å². The van der Waals surface area contributed by atoms with E-state index in [4.69, 9.17) is 4.42 Å². The molecule has 1 aromatic carbocycles. The highest BCUT2D eigenvalue weighted by Gasteiger charge is 2.23. The lowest BCUT2D eigenvalue weighted by Crippen LogP contribution is -2.28. The maximum absolute atomic E-state index is 12.6. The second-order valence-corrected chi connectivity index (χ2v) is 8.08. The van der Waals surface area contributed by atoms with Crippen molar-refractivity contribution >= 4 is 29.1 Å². The van der Waals surface area contributed by atoms with E-state index in [1.54, 1.807) is 41.2 Å². The van der Waals surface area contributed by atoms with Crippen molar-refractivity contribution in [1.82, 2.24) is 9.55 Å². The normalized spacial score (nSPS) is 12.6. The molecule has 0 unspecified atom stereocenters. The fraction of sp³-hybridized carbons (Fsp3) is 0.273. The van der Waals surface area contributed by atoms with Gasteiger partial charge in [0.15, 0.2) is 5.78 Å². The fourth-order valence-corrected chi connectivity index (χ4v) is 4.42. The van der Waals surface area contributed by atoms with Crippen molar-refractivity contribution in [2.45, 2.75) is 37.8 Å². The molecule has 0 atom stereocenters. The number of ketones is 1. The van der Waals surface area contributed by atoms with Gasteiger partial charge in [-0.25, -0.2) is 4.79 Å². The monoisotopic (exact) mass is 423 g/mol. The van der Waals surface area contributed by atoms with Crippen molar-refractivity contribution in [2.75, 3.05) is 11.1 Å². The number of thioether (sulfide) groups is 1. The van der Waals surface area contributed by atoms with E-state index in [2.05, 4.69) is 10.3 Å². The zero-order valence-electron chi connectivity index (χ0n) is 16.5. The van der Waals surface area contributed by atoms with Crippen molar-refractivity contribution in [1.29, 1.82) is 0 Å². The van der Waals surface area contributed by atoms with Crippen LogP contribution in [0.4, 0.5) is 5.69 Å². The number of amides is 1. The van der Waals surface area contributed by atoms with Gasteiger partial charge in [0.2, 0.25) is 5.91 Å². The largest absolute Gasteiger partial charge is 0.467 e. The van der Waals surface area contributed by atoms with Gasteiger partial charge in [-0.05, 0) is 62.6 Å². The fourth-order valence-electron chi connectivity index (χ4n) is 3.55. The summed E-state index contributed by atoms with van der Waals surface area (Å²) in [4.78, 5) is 40.6. The smallest absolute Gasteiger partial charge is 0.349 e. The molecule has 0 radical (unpaired) electrons. The highest BCUT2D eigenvalue weighted by molar-refractivity contribution is 8.00. The number of nitrogens with one attached hydrogen (secondary N) is 1. The number of fused-ring (bicyclic) bond motifs is 1. The van der Waals surface area contributed by atoms with E-state index in [9.17, 15) is 14.4 Å². The van der Waals surface area contributed by atoms with E-state index in [-0.39, 0.29) is 23.1 Å². The van der Waals surface area contributed by atoms with Crippen LogP contribution in [-0.4, -0.2) is 27.0 Å². The van der Waals surface area contributed by atoms with Crippen molar-refractivity contribution in [3.63, 3.8) is 0 Å². The van der Waals surface area contributed by atoms with E-state index in [1.807, 2.05) is 6.07 Å². The number of carbonyl (C=O) groups excluding carboxylic acids is 2. The van der Waals surface area contributed by atoms with Gasteiger partial charge >= 0.3 is 5.69 Å². The number of furan rings is 1. The van der Waals surface area contributed by atoms with E-state index in [1.165, 1.54) is 18.7 Å². The second-order valence-electron chi connectivity index (χ2n) is 7.11. The summed E-state index contributed by atoms with van der Waals surface area (Å²) in [6.07, 6.45) is 4.21. The topological polar surface area (TPSA) is 94.2 Å². The summed E-state index contributed by atoms with van der Waals surface area (Å²) in [7, 11) is 0. The number of benzene rings is 1. The first-order valence-electron chi connectivity index (χ1n) is 9.70. The average molecular weight is 423 g/mol. The number of carbonyl (C=O) groups is 2. The Bertz CT molecular complexity index is 1130. The lowest BCUT2D eigenvalue weighted by molar-refractivity contribution is -0.113. The van der Waals surface area contributed by atoms with Gasteiger partial charge in [-0.1, -0.05) is 11.8 Å². The maximum Gasteiger partial charge on any atom is 0.349 e. The molecule has 0 saturated carbocycles. The van der Waals surface area contributed by atoms with Gasteiger partial charge in [0.1, 0.15) is 10.8 Å². The molecule has 1 amide bonds. The molecule has 4 rings (SSSR count). The summed E-state index contributed by atoms with van der Waals surface area (Å²) < 4.78 is 7.04. The molecule has 0 spiro atoms. The molecular weight excluding hydrogens is 402 g/mol. The summed E-state index contributed by atoms with van der Waals surface area (Å²) >= 11 is 1.28. The van der Waals surface area contributed by atoms with Crippen LogP contribution in [0.25, 0.3) is 0 Å². The summed E-state index contributed by atoms with van der Waals surface area (Å²) in [6, 6.07) is 10.4. The Morgan fingerprint density at radius 3 is 2.70 bits per heavy atom. The van der Waals surface area contributed by atoms with Gasteiger partial charge in [0.25, 0.3) is 0 Å². The molecule has 0 saturated heterocycles. The summed E-state index contributed by atoms with van der Waals surface area (Å²) in [5.74, 6) is 0.646. The van der Waals surface area contributed by atoms with E-state index >= 15 is 0 Å². The van der Waals surface area contributed by atoms with E-state index < -0.39 is 0 Å². The molecule has 0 fully saturated rings. The number of aromatic nitrogens is 2. The quantitative estimate of drug-likeness (QED) is 0.356. The molecule has 2 heterocycles. The van der Waals surface area contributed by atoms with Crippen LogP contribution in [-0.2, 0) is 24.2 Å². The first-order valence-corrected chi connectivity index (χ1v) is 10.7. The first kappa shape index (κ1) is 20.2. The predicted octanol–water partition coefficient (Wildman–Crippen LogP) is 3.31. The Hall–Kier alpha value is -3.13. The minimum absolute atomic E-state index is 0.0230. The third-order valence-corrected chi connectivity index (χ3v) is 6.03. The zero-order valence-corrected chi connectivity index (χ0v) is 17.3. The Morgan fingerprint density at radius 2 is 2.00 bits per heavy atom. The minimum atomic E-state index is -0.324. The molecule has 7 nitrogen and oxygen atoms in total. The maximum atomic E-state index is 12.6. The molecule has 30 heavy (non-hydrogen) atoms. The van der Waals surface area contributed by atoms with Crippen LogP contribution >= 0.6 is 11.8 Å².